The molecule has 0 amide bonds. The monoisotopic (exact) mass is 851 g/mol. The first-order chi connectivity index (χ1) is 31.5. The van der Waals surface area contributed by atoms with Crippen molar-refractivity contribution >= 4 is 48.6 Å². The Kier molecular flexibility index (Phi) is 8.00. The van der Waals surface area contributed by atoms with E-state index in [1.54, 1.807) is 0 Å². The maximum absolute atomic E-state index is 2.57. The molecule has 0 unspecified atom stereocenters. The SMILES string of the molecule is CC1(C)c2ccccc2-c2ccc(N(c3ccc(-c4ccccc4)cc3)c3cccc4c3-c3cc5c(cc3C4(C)C)-c3cc(-c4ccc6sc7ccccc7c6c4)ccc3C5(C)C)cc21. The molecule has 9 aromatic carbocycles. The fourth-order valence-electron chi connectivity index (χ4n) is 12.0. The summed E-state index contributed by atoms with van der Waals surface area (Å²) in [6.45, 7) is 14.5. The average molecular weight is 852 g/mol. The summed E-state index contributed by atoms with van der Waals surface area (Å²) in [6.07, 6.45) is 0. The number of rotatable bonds is 5. The van der Waals surface area contributed by atoms with E-state index in [1.165, 1.54) is 121 Å². The highest BCUT2D eigenvalue weighted by molar-refractivity contribution is 7.25. The van der Waals surface area contributed by atoms with Crippen LogP contribution in [0.1, 0.15) is 74.9 Å². The Morgan fingerprint density at radius 1 is 0.323 bits per heavy atom. The van der Waals surface area contributed by atoms with Crippen molar-refractivity contribution in [2.45, 2.75) is 57.8 Å². The van der Waals surface area contributed by atoms with Crippen molar-refractivity contribution in [3.05, 3.63) is 221 Å². The second-order valence-corrected chi connectivity index (χ2v) is 21.2. The van der Waals surface area contributed by atoms with E-state index in [2.05, 4.69) is 234 Å². The zero-order valence-corrected chi connectivity index (χ0v) is 38.6. The lowest BCUT2D eigenvalue weighted by Crippen LogP contribution is -2.17. The normalized spacial score (nSPS) is 15.3. The number of anilines is 3. The maximum Gasteiger partial charge on any atom is 0.0543 e. The topological polar surface area (TPSA) is 3.24 Å². The van der Waals surface area contributed by atoms with Crippen LogP contribution >= 0.6 is 11.3 Å². The number of nitrogens with zero attached hydrogens (tertiary/aromatic N) is 1. The highest BCUT2D eigenvalue weighted by Crippen LogP contribution is 2.60. The minimum absolute atomic E-state index is 0.121. The summed E-state index contributed by atoms with van der Waals surface area (Å²) >= 11 is 1.88. The van der Waals surface area contributed by atoms with E-state index in [9.17, 15) is 0 Å². The van der Waals surface area contributed by atoms with Gasteiger partial charge in [-0.15, -0.1) is 11.3 Å². The van der Waals surface area contributed by atoms with Crippen molar-refractivity contribution in [3.8, 4) is 55.6 Å². The summed E-state index contributed by atoms with van der Waals surface area (Å²) in [5.41, 5.74) is 24.4. The Labute approximate surface area is 386 Å². The Morgan fingerprint density at radius 3 is 1.71 bits per heavy atom. The van der Waals surface area contributed by atoms with Crippen molar-refractivity contribution in [1.29, 1.82) is 0 Å². The quantitative estimate of drug-likeness (QED) is 0.167. The second kappa shape index (κ2) is 13.5. The third-order valence-electron chi connectivity index (χ3n) is 15.5. The zero-order chi connectivity index (χ0) is 44.0. The number of benzene rings is 9. The predicted octanol–water partition coefficient (Wildman–Crippen LogP) is 17.8. The van der Waals surface area contributed by atoms with Gasteiger partial charge in [0.1, 0.15) is 0 Å². The molecule has 0 bridgehead atoms. The van der Waals surface area contributed by atoms with Gasteiger partial charge in [-0.05, 0) is 150 Å². The number of fused-ring (bicyclic) bond motifs is 12. The van der Waals surface area contributed by atoms with E-state index in [4.69, 9.17) is 0 Å². The van der Waals surface area contributed by atoms with Crippen LogP contribution in [0.3, 0.4) is 0 Å². The van der Waals surface area contributed by atoms with E-state index >= 15 is 0 Å². The molecule has 1 aromatic heterocycles. The van der Waals surface area contributed by atoms with Crippen LogP contribution in [0, 0.1) is 0 Å². The molecule has 0 spiro atoms. The summed E-state index contributed by atoms with van der Waals surface area (Å²) in [7, 11) is 0. The van der Waals surface area contributed by atoms with Crippen LogP contribution in [0.4, 0.5) is 17.1 Å². The van der Waals surface area contributed by atoms with E-state index in [1.807, 2.05) is 11.3 Å². The lowest BCUT2D eigenvalue weighted by molar-refractivity contribution is 0.652. The van der Waals surface area contributed by atoms with Gasteiger partial charge in [-0.2, -0.15) is 0 Å². The van der Waals surface area contributed by atoms with Crippen molar-refractivity contribution in [3.63, 3.8) is 0 Å². The molecule has 1 nitrogen and oxygen atoms in total. The fourth-order valence-corrected chi connectivity index (χ4v) is 13.1. The first-order valence-electron chi connectivity index (χ1n) is 23.1. The molecule has 0 saturated heterocycles. The highest BCUT2D eigenvalue weighted by Gasteiger charge is 2.43. The van der Waals surface area contributed by atoms with Gasteiger partial charge in [0.05, 0.1) is 5.69 Å². The van der Waals surface area contributed by atoms with Gasteiger partial charge in [0.15, 0.2) is 0 Å². The molecule has 3 aliphatic carbocycles. The van der Waals surface area contributed by atoms with Gasteiger partial charge >= 0.3 is 0 Å². The minimum atomic E-state index is -0.213. The molecule has 3 aliphatic rings. The van der Waals surface area contributed by atoms with Crippen LogP contribution in [0.25, 0.3) is 75.8 Å². The predicted molar refractivity (Wildman–Crippen MR) is 278 cm³/mol. The zero-order valence-electron chi connectivity index (χ0n) is 37.8. The van der Waals surface area contributed by atoms with Gasteiger partial charge in [0, 0.05) is 53.4 Å². The maximum atomic E-state index is 2.57. The van der Waals surface area contributed by atoms with E-state index in [-0.39, 0.29) is 16.2 Å². The third kappa shape index (κ3) is 5.44. The molecule has 13 rings (SSSR count). The van der Waals surface area contributed by atoms with E-state index in [0.29, 0.717) is 0 Å². The molecule has 312 valence electrons. The second-order valence-electron chi connectivity index (χ2n) is 20.1. The van der Waals surface area contributed by atoms with Crippen LogP contribution in [0.5, 0.6) is 0 Å². The fraction of sp³-hybridized carbons (Fsp3) is 0.143. The number of thiophene rings is 1. The van der Waals surface area contributed by atoms with Crippen LogP contribution in [-0.4, -0.2) is 0 Å². The molecule has 65 heavy (non-hydrogen) atoms. The molecule has 0 aliphatic heterocycles. The first-order valence-corrected chi connectivity index (χ1v) is 23.9. The standard InChI is InChI=1S/C63H49NS/c1-61(2)51-19-12-10-17-44(51)45-30-29-43(35-54(45)61)64(42-27-23-39(24-28-42)38-15-8-7-9-16-38)57-21-14-20-53-60(57)50-37-55-48(36-56(50)63(53,5)6)47-33-40(25-31-52(47)62(55,3)4)41-26-32-59-49(34-41)46-18-11-13-22-58(46)65-59/h7-37H,1-6H3. The molecule has 0 fully saturated rings. The molecule has 1 heterocycles. The van der Waals surface area contributed by atoms with Gasteiger partial charge in [-0.25, -0.2) is 0 Å². The van der Waals surface area contributed by atoms with Gasteiger partial charge in [-0.1, -0.05) is 163 Å². The van der Waals surface area contributed by atoms with Crippen molar-refractivity contribution in [1.82, 2.24) is 0 Å². The van der Waals surface area contributed by atoms with Crippen molar-refractivity contribution in [2.75, 3.05) is 4.90 Å². The summed E-state index contributed by atoms with van der Waals surface area (Å²) in [6, 6.07) is 71.3. The van der Waals surface area contributed by atoms with E-state index in [0.717, 1.165) is 5.69 Å². The smallest absolute Gasteiger partial charge is 0.0543 e. The Bertz CT molecular complexity index is 3620. The highest BCUT2D eigenvalue weighted by atomic mass is 32.1. The van der Waals surface area contributed by atoms with Gasteiger partial charge < -0.3 is 4.90 Å². The van der Waals surface area contributed by atoms with Gasteiger partial charge in [0.2, 0.25) is 0 Å². The Hall–Kier alpha value is -7.00. The lowest BCUT2D eigenvalue weighted by atomic mass is 9.79. The van der Waals surface area contributed by atoms with E-state index < -0.39 is 0 Å². The van der Waals surface area contributed by atoms with Crippen LogP contribution in [0.15, 0.2) is 188 Å². The minimum Gasteiger partial charge on any atom is -0.310 e. The summed E-state index contributed by atoms with van der Waals surface area (Å²) < 4.78 is 2.68. The summed E-state index contributed by atoms with van der Waals surface area (Å²) in [5.74, 6) is 0. The van der Waals surface area contributed by atoms with Gasteiger partial charge in [-0.3, -0.25) is 0 Å². The average Bonchev–Trinajstić information content (AvgIpc) is 3.97. The number of hydrogen-bond donors (Lipinski definition) is 0. The number of hydrogen-bond acceptors (Lipinski definition) is 2. The Balaban J connectivity index is 0.979. The summed E-state index contributed by atoms with van der Waals surface area (Å²) in [5, 5.41) is 2.68. The molecule has 2 heteroatoms. The molecular weight excluding hydrogens is 803 g/mol. The molecule has 0 atom stereocenters. The summed E-state index contributed by atoms with van der Waals surface area (Å²) in [4.78, 5) is 2.53. The van der Waals surface area contributed by atoms with Crippen molar-refractivity contribution in [2.24, 2.45) is 0 Å². The van der Waals surface area contributed by atoms with Crippen LogP contribution < -0.4 is 4.90 Å². The van der Waals surface area contributed by atoms with Gasteiger partial charge in [0.25, 0.3) is 0 Å². The Morgan fingerprint density at radius 2 is 0.877 bits per heavy atom. The molecular formula is C63H49NS. The third-order valence-corrected chi connectivity index (χ3v) is 16.6. The molecule has 10 aromatic rings. The van der Waals surface area contributed by atoms with Crippen LogP contribution in [0.2, 0.25) is 0 Å². The first kappa shape index (κ1) is 38.5. The largest absolute Gasteiger partial charge is 0.310 e. The van der Waals surface area contributed by atoms with Crippen LogP contribution in [-0.2, 0) is 16.2 Å². The molecule has 0 N–H and O–H groups in total. The molecule has 0 saturated carbocycles. The lowest BCUT2D eigenvalue weighted by Gasteiger charge is -2.30. The van der Waals surface area contributed by atoms with Crippen molar-refractivity contribution < 1.29 is 0 Å². The molecule has 0 radical (unpaired) electrons.